The van der Waals surface area contributed by atoms with Gasteiger partial charge in [-0.1, -0.05) is 31.2 Å². The normalized spacial score (nSPS) is 12.4. The van der Waals surface area contributed by atoms with Crippen LogP contribution in [0.4, 0.5) is 0 Å². The molecule has 1 unspecified atom stereocenters. The highest BCUT2D eigenvalue weighted by atomic mass is 16.5. The van der Waals surface area contributed by atoms with Gasteiger partial charge in [0.25, 0.3) is 0 Å². The fourth-order valence-corrected chi connectivity index (χ4v) is 1.51. The Labute approximate surface area is 100 Å². The molecular weight excluding hydrogens is 214 g/mol. The number of rotatable bonds is 3. The molecule has 1 aromatic carbocycles. The van der Waals surface area contributed by atoms with Crippen LogP contribution in [0.25, 0.3) is 10.9 Å². The lowest BCUT2D eigenvalue weighted by Gasteiger charge is -2.10. The minimum Gasteiger partial charge on any atom is -0.458 e. The monoisotopic (exact) mass is 229 g/mol. The lowest BCUT2D eigenvalue weighted by atomic mass is 10.2. The highest BCUT2D eigenvalue weighted by Gasteiger charge is 2.12. The standard InChI is InChI=1S/C14H15NO2/c1-3-10(2)17-14(16)13-9-8-11-6-4-5-7-12(11)15-13/h4-10H,3H2,1-2H3. The molecule has 2 rings (SSSR count). The number of fused-ring (bicyclic) bond motifs is 1. The van der Waals surface area contributed by atoms with E-state index in [1.54, 1.807) is 6.07 Å². The average Bonchev–Trinajstić information content (AvgIpc) is 2.38. The van der Waals surface area contributed by atoms with Crippen LogP contribution in [0.2, 0.25) is 0 Å². The van der Waals surface area contributed by atoms with Gasteiger partial charge in [-0.3, -0.25) is 0 Å². The van der Waals surface area contributed by atoms with Gasteiger partial charge in [-0.05, 0) is 25.5 Å². The largest absolute Gasteiger partial charge is 0.458 e. The molecule has 0 aliphatic carbocycles. The first-order valence-corrected chi connectivity index (χ1v) is 5.77. The number of hydrogen-bond acceptors (Lipinski definition) is 3. The molecule has 17 heavy (non-hydrogen) atoms. The smallest absolute Gasteiger partial charge is 0.357 e. The van der Waals surface area contributed by atoms with Crippen molar-refractivity contribution in [3.8, 4) is 0 Å². The molecule has 1 aromatic heterocycles. The second kappa shape index (κ2) is 4.95. The van der Waals surface area contributed by atoms with Gasteiger partial charge >= 0.3 is 5.97 Å². The van der Waals surface area contributed by atoms with Crippen molar-refractivity contribution < 1.29 is 9.53 Å². The maximum atomic E-state index is 11.8. The summed E-state index contributed by atoms with van der Waals surface area (Å²) in [5, 5.41) is 1.02. The zero-order chi connectivity index (χ0) is 12.3. The van der Waals surface area contributed by atoms with E-state index in [2.05, 4.69) is 4.98 Å². The number of hydrogen-bond donors (Lipinski definition) is 0. The van der Waals surface area contributed by atoms with Crippen LogP contribution in [0, 0.1) is 0 Å². The molecule has 0 saturated heterocycles. The molecule has 3 nitrogen and oxygen atoms in total. The van der Waals surface area contributed by atoms with Gasteiger partial charge in [-0.2, -0.15) is 0 Å². The lowest BCUT2D eigenvalue weighted by molar-refractivity contribution is 0.0328. The number of esters is 1. The molecule has 0 amide bonds. The summed E-state index contributed by atoms with van der Waals surface area (Å²) in [6.07, 6.45) is 0.732. The third kappa shape index (κ3) is 2.61. The van der Waals surface area contributed by atoms with Gasteiger partial charge in [-0.25, -0.2) is 9.78 Å². The lowest BCUT2D eigenvalue weighted by Crippen LogP contribution is -2.15. The summed E-state index contributed by atoms with van der Waals surface area (Å²) in [6, 6.07) is 11.3. The Kier molecular flexibility index (Phi) is 3.38. The van der Waals surface area contributed by atoms with Crippen molar-refractivity contribution in [2.75, 3.05) is 0 Å². The van der Waals surface area contributed by atoms with Gasteiger partial charge in [0.1, 0.15) is 5.69 Å². The van der Waals surface area contributed by atoms with E-state index in [4.69, 9.17) is 4.74 Å². The molecule has 2 aromatic rings. The average molecular weight is 229 g/mol. The maximum Gasteiger partial charge on any atom is 0.357 e. The maximum absolute atomic E-state index is 11.8. The quantitative estimate of drug-likeness (QED) is 0.759. The number of ether oxygens (including phenoxy) is 1. The predicted molar refractivity (Wildman–Crippen MR) is 66.9 cm³/mol. The summed E-state index contributed by atoms with van der Waals surface area (Å²) in [6.45, 7) is 3.85. The van der Waals surface area contributed by atoms with E-state index >= 15 is 0 Å². The molecule has 1 atom stereocenters. The number of carbonyl (C=O) groups is 1. The Hall–Kier alpha value is -1.90. The van der Waals surface area contributed by atoms with Gasteiger partial charge in [0, 0.05) is 5.39 Å². The van der Waals surface area contributed by atoms with Gasteiger partial charge < -0.3 is 4.74 Å². The number of benzene rings is 1. The van der Waals surface area contributed by atoms with Crippen LogP contribution in [0.3, 0.4) is 0 Å². The van der Waals surface area contributed by atoms with Gasteiger partial charge in [0.2, 0.25) is 0 Å². The van der Waals surface area contributed by atoms with E-state index in [9.17, 15) is 4.79 Å². The van der Waals surface area contributed by atoms with E-state index in [0.29, 0.717) is 5.69 Å². The van der Waals surface area contributed by atoms with Crippen LogP contribution >= 0.6 is 0 Å². The molecule has 0 saturated carbocycles. The molecule has 0 bridgehead atoms. The molecule has 1 heterocycles. The Morgan fingerprint density at radius 3 is 2.82 bits per heavy atom. The summed E-state index contributed by atoms with van der Waals surface area (Å²) >= 11 is 0. The van der Waals surface area contributed by atoms with Crippen molar-refractivity contribution in [2.45, 2.75) is 26.4 Å². The van der Waals surface area contributed by atoms with Crippen molar-refractivity contribution in [1.82, 2.24) is 4.98 Å². The molecule has 0 aliphatic heterocycles. The van der Waals surface area contributed by atoms with Crippen LogP contribution in [0.1, 0.15) is 30.8 Å². The first-order valence-electron chi connectivity index (χ1n) is 5.77. The fourth-order valence-electron chi connectivity index (χ4n) is 1.51. The Morgan fingerprint density at radius 2 is 2.06 bits per heavy atom. The summed E-state index contributed by atoms with van der Waals surface area (Å²) < 4.78 is 5.23. The van der Waals surface area contributed by atoms with Crippen molar-refractivity contribution in [3.05, 3.63) is 42.1 Å². The zero-order valence-corrected chi connectivity index (χ0v) is 10.0. The predicted octanol–water partition coefficient (Wildman–Crippen LogP) is 3.19. The fraction of sp³-hybridized carbons (Fsp3) is 0.286. The molecular formula is C14H15NO2. The molecule has 0 radical (unpaired) electrons. The highest BCUT2D eigenvalue weighted by molar-refractivity contribution is 5.91. The van der Waals surface area contributed by atoms with Crippen molar-refractivity contribution in [2.24, 2.45) is 0 Å². The summed E-state index contributed by atoms with van der Waals surface area (Å²) in [7, 11) is 0. The Morgan fingerprint density at radius 1 is 1.29 bits per heavy atom. The number of nitrogens with zero attached hydrogens (tertiary/aromatic N) is 1. The molecule has 88 valence electrons. The molecule has 0 N–H and O–H groups in total. The zero-order valence-electron chi connectivity index (χ0n) is 10.0. The second-order valence-corrected chi connectivity index (χ2v) is 4.01. The number of carbonyl (C=O) groups excluding carboxylic acids is 1. The minimum atomic E-state index is -0.356. The van der Waals surface area contributed by atoms with Crippen LogP contribution < -0.4 is 0 Å². The van der Waals surface area contributed by atoms with E-state index in [1.807, 2.05) is 44.2 Å². The molecule has 0 spiro atoms. The first kappa shape index (κ1) is 11.6. The highest BCUT2D eigenvalue weighted by Crippen LogP contribution is 2.13. The third-order valence-electron chi connectivity index (χ3n) is 2.69. The number of para-hydroxylation sites is 1. The van der Waals surface area contributed by atoms with Crippen LogP contribution in [-0.4, -0.2) is 17.1 Å². The third-order valence-corrected chi connectivity index (χ3v) is 2.69. The summed E-state index contributed by atoms with van der Waals surface area (Å²) in [5.41, 5.74) is 1.18. The Balaban J connectivity index is 2.27. The van der Waals surface area contributed by atoms with Gasteiger partial charge in [0.15, 0.2) is 0 Å². The van der Waals surface area contributed by atoms with E-state index in [0.717, 1.165) is 17.3 Å². The SMILES string of the molecule is CCC(C)OC(=O)c1ccc2ccccc2n1. The minimum absolute atomic E-state index is 0.0734. The van der Waals surface area contributed by atoms with Crippen LogP contribution in [0.5, 0.6) is 0 Å². The number of pyridine rings is 1. The van der Waals surface area contributed by atoms with Crippen molar-refractivity contribution in [3.63, 3.8) is 0 Å². The first-order chi connectivity index (χ1) is 8.20. The van der Waals surface area contributed by atoms with E-state index < -0.39 is 0 Å². The Bertz CT molecular complexity index is 536. The number of aromatic nitrogens is 1. The van der Waals surface area contributed by atoms with E-state index in [1.165, 1.54) is 0 Å². The second-order valence-electron chi connectivity index (χ2n) is 4.01. The van der Waals surface area contributed by atoms with Gasteiger partial charge in [-0.15, -0.1) is 0 Å². The van der Waals surface area contributed by atoms with Crippen LogP contribution in [-0.2, 0) is 4.74 Å². The topological polar surface area (TPSA) is 39.2 Å². The van der Waals surface area contributed by atoms with Crippen molar-refractivity contribution >= 4 is 16.9 Å². The molecule has 0 fully saturated rings. The summed E-state index contributed by atoms with van der Waals surface area (Å²) in [4.78, 5) is 16.1. The summed E-state index contributed by atoms with van der Waals surface area (Å²) in [5.74, 6) is -0.356. The molecule has 0 aliphatic rings. The molecule has 3 heteroatoms. The van der Waals surface area contributed by atoms with Crippen molar-refractivity contribution in [1.29, 1.82) is 0 Å². The van der Waals surface area contributed by atoms with E-state index in [-0.39, 0.29) is 12.1 Å². The van der Waals surface area contributed by atoms with Gasteiger partial charge in [0.05, 0.1) is 11.6 Å². The van der Waals surface area contributed by atoms with Crippen LogP contribution in [0.15, 0.2) is 36.4 Å².